The fraction of sp³-hybridized carbons (Fsp3) is 0.345. The van der Waals surface area contributed by atoms with Crippen molar-refractivity contribution in [3.63, 3.8) is 0 Å². The number of carbonyl (C=O) groups is 1. The zero-order valence-corrected chi connectivity index (χ0v) is 23.5. The van der Waals surface area contributed by atoms with E-state index in [1.165, 1.54) is 12.1 Å². The summed E-state index contributed by atoms with van der Waals surface area (Å²) in [5.41, 5.74) is 2.46. The van der Waals surface area contributed by atoms with Gasteiger partial charge < -0.3 is 24.5 Å². The van der Waals surface area contributed by atoms with E-state index in [0.29, 0.717) is 40.0 Å². The van der Waals surface area contributed by atoms with Gasteiger partial charge in [-0.05, 0) is 50.2 Å². The monoisotopic (exact) mass is 603 g/mol. The Morgan fingerprint density at radius 2 is 1.95 bits per heavy atom. The van der Waals surface area contributed by atoms with Crippen LogP contribution in [0.25, 0.3) is 11.0 Å². The molecular formula is C29H29ClF3N5O4. The number of likely N-dealkylation sites (tertiary alicyclic amines) is 1. The Morgan fingerprint density at radius 3 is 2.67 bits per heavy atom. The number of nitrogens with zero attached hydrogens (tertiary/aromatic N) is 4. The van der Waals surface area contributed by atoms with Gasteiger partial charge in [0, 0.05) is 47.1 Å². The molecule has 0 spiro atoms. The zero-order valence-electron chi connectivity index (χ0n) is 22.7. The smallest absolute Gasteiger partial charge is 0.387 e. The molecule has 2 N–H and O–H groups in total. The second-order valence-electron chi connectivity index (χ2n) is 10.0. The number of aromatic nitrogens is 3. The number of carboxylic acid groups (broad SMARTS) is 1. The standard InChI is InChI=1S/C29H29ClF3N5O4/c1-37-23-12-20(34-14-27(39)40)13-24(42-29(32)33)28(23)36-25(37)15-38-9-7-17(8-10-38)22-3-2-4-26(35-22)41-16-18-5-6-19(30)11-21(18)31/h2-6,11-13,17,29,34H,7-10,14-16H2,1H3,(H,39,40). The van der Waals surface area contributed by atoms with Crippen molar-refractivity contribution < 1.29 is 32.5 Å². The van der Waals surface area contributed by atoms with E-state index in [0.717, 1.165) is 31.6 Å². The van der Waals surface area contributed by atoms with Crippen LogP contribution in [0.2, 0.25) is 5.02 Å². The molecule has 0 saturated carbocycles. The first-order valence-corrected chi connectivity index (χ1v) is 13.7. The third kappa shape index (κ3) is 7.05. The lowest BCUT2D eigenvalue weighted by molar-refractivity contribution is -0.134. The molecule has 1 saturated heterocycles. The number of halogens is 4. The van der Waals surface area contributed by atoms with Crippen molar-refractivity contribution in [1.82, 2.24) is 19.4 Å². The van der Waals surface area contributed by atoms with Gasteiger partial charge in [-0.25, -0.2) is 14.4 Å². The highest BCUT2D eigenvalue weighted by molar-refractivity contribution is 6.30. The molecule has 0 radical (unpaired) electrons. The van der Waals surface area contributed by atoms with Crippen LogP contribution in [0.5, 0.6) is 11.6 Å². The summed E-state index contributed by atoms with van der Waals surface area (Å²) in [5.74, 6) is -0.332. The number of anilines is 1. The Morgan fingerprint density at radius 1 is 1.17 bits per heavy atom. The normalized spacial score (nSPS) is 14.4. The van der Waals surface area contributed by atoms with Crippen LogP contribution in [0.3, 0.4) is 0 Å². The van der Waals surface area contributed by atoms with Crippen LogP contribution in [0, 0.1) is 5.82 Å². The van der Waals surface area contributed by atoms with Crippen molar-refractivity contribution in [3.8, 4) is 11.6 Å². The molecule has 0 atom stereocenters. The van der Waals surface area contributed by atoms with Gasteiger partial charge in [0.15, 0.2) is 5.75 Å². The molecule has 0 amide bonds. The number of alkyl halides is 2. The van der Waals surface area contributed by atoms with Gasteiger partial charge in [-0.3, -0.25) is 9.69 Å². The third-order valence-corrected chi connectivity index (χ3v) is 7.45. The van der Waals surface area contributed by atoms with Crippen LogP contribution in [0.1, 0.15) is 35.8 Å². The predicted molar refractivity (Wildman–Crippen MR) is 151 cm³/mol. The van der Waals surface area contributed by atoms with Gasteiger partial charge >= 0.3 is 12.6 Å². The summed E-state index contributed by atoms with van der Waals surface area (Å²) < 4.78 is 52.6. The topological polar surface area (TPSA) is 102 Å². The van der Waals surface area contributed by atoms with Gasteiger partial charge in [-0.2, -0.15) is 8.78 Å². The van der Waals surface area contributed by atoms with Crippen LogP contribution >= 0.6 is 11.6 Å². The SMILES string of the molecule is Cn1c(CN2CCC(c3cccc(OCc4ccc(Cl)cc4F)n3)CC2)nc2c(OC(F)F)cc(NCC(=O)O)cc21. The highest BCUT2D eigenvalue weighted by atomic mass is 35.5. The Balaban J connectivity index is 1.23. The number of carboxylic acids is 1. The fourth-order valence-corrected chi connectivity index (χ4v) is 5.19. The minimum Gasteiger partial charge on any atom is -0.480 e. The Kier molecular flexibility index (Phi) is 9.03. The van der Waals surface area contributed by atoms with Crippen LogP contribution < -0.4 is 14.8 Å². The molecule has 0 aliphatic carbocycles. The molecule has 0 unspecified atom stereocenters. The number of aliphatic carboxylic acids is 1. The van der Waals surface area contributed by atoms with Gasteiger partial charge in [-0.1, -0.05) is 23.7 Å². The molecule has 4 aromatic rings. The first-order valence-electron chi connectivity index (χ1n) is 13.3. The molecule has 5 rings (SSSR count). The third-order valence-electron chi connectivity index (χ3n) is 7.21. The molecule has 42 heavy (non-hydrogen) atoms. The quantitative estimate of drug-likeness (QED) is 0.221. The maximum absolute atomic E-state index is 14.1. The van der Waals surface area contributed by atoms with Crippen molar-refractivity contribution in [2.45, 2.75) is 38.5 Å². The summed E-state index contributed by atoms with van der Waals surface area (Å²) in [6, 6.07) is 13.0. The summed E-state index contributed by atoms with van der Waals surface area (Å²) in [5, 5.41) is 12.0. The van der Waals surface area contributed by atoms with Crippen molar-refractivity contribution in [3.05, 3.63) is 76.5 Å². The van der Waals surface area contributed by atoms with Crippen molar-refractivity contribution in [1.29, 1.82) is 0 Å². The highest BCUT2D eigenvalue weighted by Gasteiger charge is 2.24. The van der Waals surface area contributed by atoms with Gasteiger partial charge in [-0.15, -0.1) is 0 Å². The van der Waals surface area contributed by atoms with E-state index in [2.05, 4.69) is 20.2 Å². The van der Waals surface area contributed by atoms with Crippen LogP contribution in [0.4, 0.5) is 18.9 Å². The molecule has 2 aromatic heterocycles. The Hall–Kier alpha value is -4.03. The van der Waals surface area contributed by atoms with Crippen molar-refractivity contribution >= 4 is 34.3 Å². The molecule has 9 nitrogen and oxygen atoms in total. The first-order chi connectivity index (χ1) is 20.2. The van der Waals surface area contributed by atoms with Gasteiger partial charge in [0.05, 0.1) is 12.1 Å². The number of imidazole rings is 1. The predicted octanol–water partition coefficient (Wildman–Crippen LogP) is 5.82. The van der Waals surface area contributed by atoms with Crippen LogP contribution in [-0.4, -0.2) is 56.8 Å². The summed E-state index contributed by atoms with van der Waals surface area (Å²) in [6.45, 7) is -1.36. The van der Waals surface area contributed by atoms with Gasteiger partial charge in [0.25, 0.3) is 0 Å². The lowest BCUT2D eigenvalue weighted by Crippen LogP contribution is -2.33. The number of hydrogen-bond donors (Lipinski definition) is 2. The number of hydrogen-bond acceptors (Lipinski definition) is 7. The van der Waals surface area contributed by atoms with E-state index in [-0.39, 0.29) is 30.3 Å². The lowest BCUT2D eigenvalue weighted by Gasteiger charge is -2.31. The minimum absolute atomic E-state index is 0.0388. The number of fused-ring (bicyclic) bond motifs is 1. The summed E-state index contributed by atoms with van der Waals surface area (Å²) in [6.07, 6.45) is 1.68. The van der Waals surface area contributed by atoms with Gasteiger partial charge in [0.1, 0.15) is 30.3 Å². The molecule has 2 aromatic carbocycles. The summed E-state index contributed by atoms with van der Waals surface area (Å²) >= 11 is 5.82. The van der Waals surface area contributed by atoms with E-state index in [4.69, 9.17) is 26.2 Å². The van der Waals surface area contributed by atoms with E-state index in [9.17, 15) is 18.0 Å². The van der Waals surface area contributed by atoms with Crippen LogP contribution in [-0.2, 0) is 25.0 Å². The zero-order chi connectivity index (χ0) is 29.8. The van der Waals surface area contributed by atoms with Gasteiger partial charge in [0.2, 0.25) is 5.88 Å². The largest absolute Gasteiger partial charge is 0.480 e. The highest BCUT2D eigenvalue weighted by Crippen LogP contribution is 2.33. The number of nitrogens with one attached hydrogen (secondary N) is 1. The van der Waals surface area contributed by atoms with Crippen molar-refractivity contribution in [2.24, 2.45) is 7.05 Å². The summed E-state index contributed by atoms with van der Waals surface area (Å²) in [7, 11) is 1.79. The molecule has 13 heteroatoms. The second kappa shape index (κ2) is 12.9. The Labute approximate surface area is 244 Å². The molecule has 1 fully saturated rings. The first kappa shape index (κ1) is 29.5. The lowest BCUT2D eigenvalue weighted by atomic mass is 9.93. The van der Waals surface area contributed by atoms with E-state index >= 15 is 0 Å². The number of ether oxygens (including phenoxy) is 2. The maximum Gasteiger partial charge on any atom is 0.387 e. The summed E-state index contributed by atoms with van der Waals surface area (Å²) in [4.78, 5) is 22.4. The van der Waals surface area contributed by atoms with E-state index < -0.39 is 18.4 Å². The Bertz CT molecular complexity index is 1580. The molecule has 3 heterocycles. The number of aryl methyl sites for hydroxylation is 1. The fourth-order valence-electron chi connectivity index (χ4n) is 5.03. The average Bonchev–Trinajstić information content (AvgIpc) is 3.27. The average molecular weight is 604 g/mol. The number of pyridine rings is 1. The molecular weight excluding hydrogens is 575 g/mol. The second-order valence-corrected chi connectivity index (χ2v) is 10.5. The number of rotatable bonds is 11. The van der Waals surface area contributed by atoms with E-state index in [1.807, 2.05) is 12.1 Å². The number of piperidine rings is 1. The molecule has 1 aliphatic rings. The van der Waals surface area contributed by atoms with E-state index in [1.54, 1.807) is 35.9 Å². The van der Waals surface area contributed by atoms with Crippen LogP contribution in [0.15, 0.2) is 48.5 Å². The molecule has 222 valence electrons. The molecule has 1 aliphatic heterocycles. The van der Waals surface area contributed by atoms with Crippen molar-refractivity contribution in [2.75, 3.05) is 25.0 Å². The molecule has 0 bridgehead atoms. The maximum atomic E-state index is 14.1. The minimum atomic E-state index is -3.05. The number of benzene rings is 2.